The molecule has 1 amide bonds. The molecule has 2 aromatic carbocycles. The van der Waals surface area contributed by atoms with E-state index in [1.807, 2.05) is 35.7 Å². The highest BCUT2D eigenvalue weighted by atomic mass is 32.1. The van der Waals surface area contributed by atoms with Gasteiger partial charge in [0.2, 0.25) is 0 Å². The average molecular weight is 359 g/mol. The Bertz CT molecular complexity index is 836. The fraction of sp³-hybridized carbons (Fsp3) is 0.105. The zero-order valence-corrected chi connectivity index (χ0v) is 13.9. The molecule has 6 heteroatoms. The molecular formula is C19H15F2NO2S. The van der Waals surface area contributed by atoms with Crippen LogP contribution in [-0.4, -0.2) is 12.5 Å². The number of ether oxygens (including phenoxy) is 1. The monoisotopic (exact) mass is 359 g/mol. The van der Waals surface area contributed by atoms with E-state index in [1.165, 1.54) is 17.4 Å². The van der Waals surface area contributed by atoms with Crippen molar-refractivity contribution in [3.8, 4) is 5.75 Å². The van der Waals surface area contributed by atoms with Gasteiger partial charge in [-0.1, -0.05) is 36.4 Å². The number of carbonyl (C=O) groups is 1. The van der Waals surface area contributed by atoms with Crippen molar-refractivity contribution >= 4 is 22.9 Å². The fourth-order valence-electron chi connectivity index (χ4n) is 2.42. The van der Waals surface area contributed by atoms with Crippen molar-refractivity contribution in [3.63, 3.8) is 0 Å². The molecule has 0 aliphatic heterocycles. The molecule has 0 fully saturated rings. The molecular weight excluding hydrogens is 344 g/mol. The molecule has 128 valence electrons. The molecule has 0 bridgehead atoms. The number of halogens is 2. The van der Waals surface area contributed by atoms with Crippen LogP contribution < -0.4 is 10.1 Å². The van der Waals surface area contributed by atoms with E-state index in [2.05, 4.69) is 10.1 Å². The number of rotatable bonds is 6. The maximum absolute atomic E-state index is 12.6. The lowest BCUT2D eigenvalue weighted by Gasteiger charge is -2.13. The van der Waals surface area contributed by atoms with E-state index in [1.54, 1.807) is 24.3 Å². The van der Waals surface area contributed by atoms with E-state index in [0.717, 1.165) is 5.56 Å². The molecule has 1 aromatic heterocycles. The summed E-state index contributed by atoms with van der Waals surface area (Å²) in [4.78, 5) is 12.7. The molecule has 0 saturated carbocycles. The first-order valence-electron chi connectivity index (χ1n) is 7.58. The second-order valence-corrected chi connectivity index (χ2v) is 6.24. The number of hydrogen-bond donors (Lipinski definition) is 1. The molecule has 3 aromatic rings. The Morgan fingerprint density at radius 2 is 1.88 bits per heavy atom. The molecule has 0 unspecified atom stereocenters. The second kappa shape index (κ2) is 7.90. The molecule has 0 saturated heterocycles. The predicted octanol–water partition coefficient (Wildman–Crippen LogP) is 5.19. The molecule has 1 heterocycles. The van der Waals surface area contributed by atoms with Gasteiger partial charge >= 0.3 is 6.61 Å². The zero-order valence-electron chi connectivity index (χ0n) is 13.1. The third kappa shape index (κ3) is 4.64. The smallest absolute Gasteiger partial charge is 0.387 e. The minimum absolute atomic E-state index is 0.105. The van der Waals surface area contributed by atoms with Crippen molar-refractivity contribution in [3.05, 3.63) is 82.0 Å². The number of alkyl halides is 2. The number of amides is 1. The van der Waals surface area contributed by atoms with E-state index in [4.69, 9.17) is 0 Å². The largest absolute Gasteiger partial charge is 0.435 e. The first-order chi connectivity index (χ1) is 12.1. The number of thiophene rings is 1. The van der Waals surface area contributed by atoms with Crippen molar-refractivity contribution in [2.24, 2.45) is 0 Å². The quantitative estimate of drug-likeness (QED) is 0.657. The fourth-order valence-corrected chi connectivity index (χ4v) is 3.04. The number of benzene rings is 2. The summed E-state index contributed by atoms with van der Waals surface area (Å²) in [6.45, 7) is -2.90. The summed E-state index contributed by atoms with van der Waals surface area (Å²) in [5.41, 5.74) is 2.07. The Kier molecular flexibility index (Phi) is 5.40. The van der Waals surface area contributed by atoms with E-state index < -0.39 is 6.61 Å². The topological polar surface area (TPSA) is 38.3 Å². The number of nitrogens with one attached hydrogen (secondary N) is 1. The Labute approximate surface area is 147 Å². The third-order valence-corrected chi connectivity index (χ3v) is 4.39. The summed E-state index contributed by atoms with van der Waals surface area (Å²) in [5, 5.41) is 4.59. The normalized spacial score (nSPS) is 10.7. The standard InChI is InChI=1S/C19H15F2NO2S/c20-19(21)24-16-9-8-15(22-18(23)17-7-4-10-25-17)12-14(16)11-13-5-2-1-3-6-13/h1-10,12,19H,11H2,(H,22,23). The zero-order chi connectivity index (χ0) is 17.6. The highest BCUT2D eigenvalue weighted by Gasteiger charge is 2.13. The van der Waals surface area contributed by atoms with Gasteiger partial charge in [0.1, 0.15) is 5.75 Å². The predicted molar refractivity (Wildman–Crippen MR) is 94.6 cm³/mol. The summed E-state index contributed by atoms with van der Waals surface area (Å²) in [7, 11) is 0. The van der Waals surface area contributed by atoms with Crippen molar-refractivity contribution in [2.75, 3.05) is 5.32 Å². The van der Waals surface area contributed by atoms with Gasteiger partial charge in [-0.15, -0.1) is 11.3 Å². The summed E-state index contributed by atoms with van der Waals surface area (Å²) >= 11 is 1.33. The van der Waals surface area contributed by atoms with E-state index >= 15 is 0 Å². The van der Waals surface area contributed by atoms with Gasteiger partial charge in [0.15, 0.2) is 0 Å². The van der Waals surface area contributed by atoms with E-state index in [0.29, 0.717) is 22.5 Å². The number of hydrogen-bond acceptors (Lipinski definition) is 3. The number of carbonyl (C=O) groups excluding carboxylic acids is 1. The molecule has 0 aliphatic rings. The minimum Gasteiger partial charge on any atom is -0.435 e. The van der Waals surface area contributed by atoms with Crippen LogP contribution in [0.15, 0.2) is 66.0 Å². The summed E-state index contributed by atoms with van der Waals surface area (Å²) in [6.07, 6.45) is 0.422. The van der Waals surface area contributed by atoms with Gasteiger partial charge in [-0.05, 0) is 35.2 Å². The van der Waals surface area contributed by atoms with Crippen LogP contribution in [0, 0.1) is 0 Å². The maximum Gasteiger partial charge on any atom is 0.387 e. The average Bonchev–Trinajstić information content (AvgIpc) is 3.12. The lowest BCUT2D eigenvalue weighted by molar-refractivity contribution is -0.0503. The molecule has 0 aliphatic carbocycles. The van der Waals surface area contributed by atoms with Crippen molar-refractivity contribution < 1.29 is 18.3 Å². The molecule has 3 rings (SSSR count). The van der Waals surface area contributed by atoms with E-state index in [-0.39, 0.29) is 11.7 Å². The van der Waals surface area contributed by atoms with Crippen LogP contribution in [0.4, 0.5) is 14.5 Å². The van der Waals surface area contributed by atoms with Crippen LogP contribution in [0.3, 0.4) is 0 Å². The van der Waals surface area contributed by atoms with Crippen LogP contribution in [-0.2, 0) is 6.42 Å². The van der Waals surface area contributed by atoms with E-state index in [9.17, 15) is 13.6 Å². The van der Waals surface area contributed by atoms with Crippen LogP contribution >= 0.6 is 11.3 Å². The van der Waals surface area contributed by atoms with Crippen molar-refractivity contribution in [1.29, 1.82) is 0 Å². The van der Waals surface area contributed by atoms with Crippen molar-refractivity contribution in [2.45, 2.75) is 13.0 Å². The lowest BCUT2D eigenvalue weighted by atomic mass is 10.0. The highest BCUT2D eigenvalue weighted by Crippen LogP contribution is 2.27. The van der Waals surface area contributed by atoms with Crippen LogP contribution in [0.2, 0.25) is 0 Å². The molecule has 1 N–H and O–H groups in total. The molecule has 0 spiro atoms. The Balaban J connectivity index is 1.85. The van der Waals surface area contributed by atoms with Crippen molar-refractivity contribution in [1.82, 2.24) is 0 Å². The van der Waals surface area contributed by atoms with Crippen LogP contribution in [0.1, 0.15) is 20.8 Å². The first kappa shape index (κ1) is 17.1. The highest BCUT2D eigenvalue weighted by molar-refractivity contribution is 7.12. The first-order valence-corrected chi connectivity index (χ1v) is 8.46. The lowest BCUT2D eigenvalue weighted by Crippen LogP contribution is -2.11. The molecule has 3 nitrogen and oxygen atoms in total. The summed E-state index contributed by atoms with van der Waals surface area (Å²) in [6, 6.07) is 17.6. The Hall–Kier alpha value is -2.73. The Morgan fingerprint density at radius 1 is 1.08 bits per heavy atom. The summed E-state index contributed by atoms with van der Waals surface area (Å²) < 4.78 is 29.9. The SMILES string of the molecule is O=C(Nc1ccc(OC(F)F)c(Cc2ccccc2)c1)c1cccs1. The second-order valence-electron chi connectivity index (χ2n) is 5.29. The van der Waals surface area contributed by atoms with Gasteiger partial charge in [-0.3, -0.25) is 4.79 Å². The van der Waals surface area contributed by atoms with Gasteiger partial charge in [0.05, 0.1) is 4.88 Å². The minimum atomic E-state index is -2.90. The van der Waals surface area contributed by atoms with Crippen LogP contribution in [0.5, 0.6) is 5.75 Å². The van der Waals surface area contributed by atoms with Gasteiger partial charge in [0.25, 0.3) is 5.91 Å². The van der Waals surface area contributed by atoms with Gasteiger partial charge in [-0.2, -0.15) is 8.78 Å². The van der Waals surface area contributed by atoms with Crippen LogP contribution in [0.25, 0.3) is 0 Å². The number of anilines is 1. The molecule has 25 heavy (non-hydrogen) atoms. The van der Waals surface area contributed by atoms with Gasteiger partial charge in [-0.25, -0.2) is 0 Å². The molecule has 0 radical (unpaired) electrons. The van der Waals surface area contributed by atoms with Gasteiger partial charge < -0.3 is 10.1 Å². The maximum atomic E-state index is 12.6. The third-order valence-electron chi connectivity index (χ3n) is 3.52. The summed E-state index contributed by atoms with van der Waals surface area (Å²) in [5.74, 6) is -0.129. The van der Waals surface area contributed by atoms with Gasteiger partial charge in [0, 0.05) is 17.7 Å². The Morgan fingerprint density at radius 3 is 2.56 bits per heavy atom. The molecule has 0 atom stereocenters.